The molecule has 0 fully saturated rings. The molecule has 0 atom stereocenters. The van der Waals surface area contributed by atoms with Crippen LogP contribution in [0.5, 0.6) is 17.2 Å². The van der Waals surface area contributed by atoms with Gasteiger partial charge in [-0.25, -0.2) is 9.77 Å². The summed E-state index contributed by atoms with van der Waals surface area (Å²) in [5.41, 5.74) is 7.17. The molecule has 34 heavy (non-hydrogen) atoms. The van der Waals surface area contributed by atoms with Crippen LogP contribution in [0.15, 0.2) is 60.7 Å². The maximum absolute atomic E-state index is 6.60. The summed E-state index contributed by atoms with van der Waals surface area (Å²) >= 11 is 12.0. The van der Waals surface area contributed by atoms with Gasteiger partial charge in [0.2, 0.25) is 4.77 Å². The van der Waals surface area contributed by atoms with Crippen molar-refractivity contribution in [1.29, 1.82) is 0 Å². The zero-order chi connectivity index (χ0) is 24.1. The van der Waals surface area contributed by atoms with Crippen LogP contribution in [-0.2, 0) is 13.2 Å². The topological polar surface area (TPSA) is 73.3 Å². The summed E-state index contributed by atoms with van der Waals surface area (Å²) in [6.07, 6.45) is 0. The molecule has 176 valence electrons. The first kappa shape index (κ1) is 23.7. The van der Waals surface area contributed by atoms with E-state index in [4.69, 9.17) is 38.0 Å². The average Bonchev–Trinajstić information content (AvgIpc) is 3.22. The zero-order valence-corrected chi connectivity index (χ0v) is 20.7. The number of halogens is 1. The van der Waals surface area contributed by atoms with E-state index < -0.39 is 0 Å². The number of methoxy groups -OCH3 is 2. The molecule has 9 heteroatoms. The van der Waals surface area contributed by atoms with E-state index >= 15 is 0 Å². The first-order valence-corrected chi connectivity index (χ1v) is 11.4. The lowest BCUT2D eigenvalue weighted by atomic mass is 10.1. The van der Waals surface area contributed by atoms with E-state index in [0.29, 0.717) is 46.0 Å². The van der Waals surface area contributed by atoms with Gasteiger partial charge in [0.15, 0.2) is 17.3 Å². The van der Waals surface area contributed by atoms with Crippen molar-refractivity contribution >= 4 is 23.8 Å². The molecule has 0 unspecified atom stereocenters. The van der Waals surface area contributed by atoms with Crippen molar-refractivity contribution in [2.24, 2.45) is 0 Å². The Morgan fingerprint density at radius 1 is 0.971 bits per heavy atom. The number of aryl methyl sites for hydroxylation is 1. The van der Waals surface area contributed by atoms with Gasteiger partial charge in [0.1, 0.15) is 12.4 Å². The van der Waals surface area contributed by atoms with Crippen LogP contribution in [0, 0.1) is 11.7 Å². The van der Waals surface area contributed by atoms with Gasteiger partial charge >= 0.3 is 0 Å². The summed E-state index contributed by atoms with van der Waals surface area (Å²) in [4.78, 5) is 0. The molecule has 0 spiro atoms. The van der Waals surface area contributed by atoms with Crippen molar-refractivity contribution in [1.82, 2.24) is 14.9 Å². The number of para-hydroxylation sites is 1. The third-order valence-corrected chi connectivity index (χ3v) is 6.05. The molecule has 1 aromatic heterocycles. The minimum atomic E-state index is 0.378. The fourth-order valence-corrected chi connectivity index (χ4v) is 3.95. The van der Waals surface area contributed by atoms with Crippen molar-refractivity contribution in [2.45, 2.75) is 20.1 Å². The lowest BCUT2D eigenvalue weighted by Gasteiger charge is -2.16. The Bertz CT molecular complexity index is 1350. The van der Waals surface area contributed by atoms with Crippen molar-refractivity contribution in [3.63, 3.8) is 0 Å². The summed E-state index contributed by atoms with van der Waals surface area (Å²) < 4.78 is 19.2. The molecule has 3 aromatic carbocycles. The number of hydrogen-bond acceptors (Lipinski definition) is 6. The standard InChI is InChI=1S/C25H25ClN4O3S/c1-16-8-4-5-9-17(16)15-33-23-13-20(26)18(12-22(23)32-3)14-27-30-24(28-29-25(30)34)19-10-6-7-11-21(19)31-2/h4-13,27H,14-15H2,1-3H3,(H,29,34). The van der Waals surface area contributed by atoms with E-state index in [2.05, 4.69) is 28.6 Å². The van der Waals surface area contributed by atoms with E-state index in [1.807, 2.05) is 48.5 Å². The number of rotatable bonds is 9. The smallest absolute Gasteiger partial charge is 0.214 e. The fourth-order valence-electron chi connectivity index (χ4n) is 3.53. The maximum atomic E-state index is 6.60. The van der Waals surface area contributed by atoms with Crippen molar-refractivity contribution < 1.29 is 14.2 Å². The van der Waals surface area contributed by atoms with Crippen LogP contribution in [0.2, 0.25) is 5.02 Å². The number of benzene rings is 3. The van der Waals surface area contributed by atoms with E-state index in [1.165, 1.54) is 0 Å². The highest BCUT2D eigenvalue weighted by molar-refractivity contribution is 7.71. The van der Waals surface area contributed by atoms with Crippen LogP contribution < -0.4 is 19.6 Å². The highest BCUT2D eigenvalue weighted by Gasteiger charge is 2.15. The van der Waals surface area contributed by atoms with Gasteiger partial charge in [-0.2, -0.15) is 5.10 Å². The van der Waals surface area contributed by atoms with Gasteiger partial charge in [-0.3, -0.25) is 0 Å². The lowest BCUT2D eigenvalue weighted by molar-refractivity contribution is 0.284. The monoisotopic (exact) mass is 496 g/mol. The minimum absolute atomic E-state index is 0.378. The van der Waals surface area contributed by atoms with Gasteiger partial charge in [-0.15, -0.1) is 0 Å². The Balaban J connectivity index is 1.55. The minimum Gasteiger partial charge on any atom is -0.496 e. The average molecular weight is 497 g/mol. The molecule has 0 radical (unpaired) electrons. The SMILES string of the molecule is COc1cc(CNn2c(-c3ccccc3OC)n[nH]c2=S)c(Cl)cc1OCc1ccccc1C. The Morgan fingerprint density at radius 3 is 2.47 bits per heavy atom. The summed E-state index contributed by atoms with van der Waals surface area (Å²) in [6, 6.07) is 19.3. The third-order valence-electron chi connectivity index (χ3n) is 5.42. The van der Waals surface area contributed by atoms with E-state index in [9.17, 15) is 0 Å². The summed E-state index contributed by atoms with van der Waals surface area (Å²) in [5.74, 6) is 2.46. The van der Waals surface area contributed by atoms with Gasteiger partial charge in [0.25, 0.3) is 0 Å². The van der Waals surface area contributed by atoms with Crippen LogP contribution in [-0.4, -0.2) is 29.1 Å². The van der Waals surface area contributed by atoms with Crippen molar-refractivity contribution in [3.8, 4) is 28.6 Å². The number of aromatic nitrogens is 3. The van der Waals surface area contributed by atoms with Gasteiger partial charge in [0, 0.05) is 11.1 Å². The highest BCUT2D eigenvalue weighted by atomic mass is 35.5. The predicted molar refractivity (Wildman–Crippen MR) is 136 cm³/mol. The first-order valence-electron chi connectivity index (χ1n) is 10.6. The Kier molecular flexibility index (Phi) is 7.40. The zero-order valence-electron chi connectivity index (χ0n) is 19.1. The molecular weight excluding hydrogens is 472 g/mol. The molecule has 4 rings (SSSR count). The van der Waals surface area contributed by atoms with Gasteiger partial charge in [-0.1, -0.05) is 48.0 Å². The molecule has 2 N–H and O–H groups in total. The lowest BCUT2D eigenvalue weighted by Crippen LogP contribution is -2.16. The molecule has 1 heterocycles. The van der Waals surface area contributed by atoms with Crippen LogP contribution in [0.25, 0.3) is 11.4 Å². The predicted octanol–water partition coefficient (Wildman–Crippen LogP) is 5.91. The van der Waals surface area contributed by atoms with E-state index in [0.717, 1.165) is 22.3 Å². The first-order chi connectivity index (χ1) is 16.5. The Labute approximate surface area is 208 Å². The Hall–Kier alpha value is -3.49. The van der Waals surface area contributed by atoms with Gasteiger partial charge < -0.3 is 19.6 Å². The molecule has 0 aliphatic carbocycles. The molecule has 0 amide bonds. The van der Waals surface area contributed by atoms with Gasteiger partial charge in [0.05, 0.1) is 26.3 Å². The van der Waals surface area contributed by atoms with Crippen molar-refractivity contribution in [3.05, 3.63) is 87.1 Å². The summed E-state index contributed by atoms with van der Waals surface area (Å²) in [6.45, 7) is 2.85. The number of ether oxygens (including phenoxy) is 3. The maximum Gasteiger partial charge on any atom is 0.214 e. The highest BCUT2D eigenvalue weighted by Crippen LogP contribution is 2.34. The second kappa shape index (κ2) is 10.6. The van der Waals surface area contributed by atoms with Crippen LogP contribution in [0.3, 0.4) is 0 Å². The van der Waals surface area contributed by atoms with Crippen LogP contribution in [0.1, 0.15) is 16.7 Å². The molecule has 0 bridgehead atoms. The molecule has 0 saturated heterocycles. The Morgan fingerprint density at radius 2 is 1.71 bits per heavy atom. The number of hydrogen-bond donors (Lipinski definition) is 2. The second-order valence-electron chi connectivity index (χ2n) is 7.53. The molecule has 7 nitrogen and oxygen atoms in total. The van der Waals surface area contributed by atoms with Gasteiger partial charge in [-0.05, 0) is 54.0 Å². The quantitative estimate of drug-likeness (QED) is 0.281. The third kappa shape index (κ3) is 5.03. The van der Waals surface area contributed by atoms with E-state index in [-0.39, 0.29) is 0 Å². The number of H-pyrrole nitrogens is 1. The molecular formula is C25H25ClN4O3S. The van der Waals surface area contributed by atoms with E-state index in [1.54, 1.807) is 25.0 Å². The molecule has 0 aliphatic rings. The second-order valence-corrected chi connectivity index (χ2v) is 8.33. The largest absolute Gasteiger partial charge is 0.496 e. The molecule has 4 aromatic rings. The number of nitrogens with one attached hydrogen (secondary N) is 2. The fraction of sp³-hybridized carbons (Fsp3) is 0.200. The number of aromatic amines is 1. The number of nitrogens with zero attached hydrogens (tertiary/aromatic N) is 2. The molecule has 0 saturated carbocycles. The van der Waals surface area contributed by atoms with Crippen molar-refractivity contribution in [2.75, 3.05) is 19.6 Å². The molecule has 0 aliphatic heterocycles. The summed E-state index contributed by atoms with van der Waals surface area (Å²) in [5, 5.41) is 7.73. The normalized spacial score (nSPS) is 10.7. The van der Waals surface area contributed by atoms with Crippen LogP contribution >= 0.6 is 23.8 Å². The summed E-state index contributed by atoms with van der Waals surface area (Å²) in [7, 11) is 3.22. The van der Waals surface area contributed by atoms with Crippen LogP contribution in [0.4, 0.5) is 0 Å².